The largest absolute Gasteiger partial charge is 0.494 e. The lowest BCUT2D eigenvalue weighted by Gasteiger charge is -2.26. The molecule has 118 valence electrons. The summed E-state index contributed by atoms with van der Waals surface area (Å²) in [6, 6.07) is 0.366. The number of ether oxygens (including phenoxy) is 3. The number of aromatic nitrogens is 1. The molecule has 1 saturated heterocycles. The van der Waals surface area contributed by atoms with Crippen molar-refractivity contribution in [1.29, 1.82) is 0 Å². The van der Waals surface area contributed by atoms with E-state index < -0.39 is 0 Å². The number of halogens is 1. The zero-order valence-corrected chi connectivity index (χ0v) is 13.7. The first-order valence-electron chi connectivity index (χ1n) is 7.53. The normalized spacial score (nSPS) is 30.1. The van der Waals surface area contributed by atoms with Crippen LogP contribution in [-0.4, -0.2) is 37.7 Å². The van der Waals surface area contributed by atoms with Gasteiger partial charge in [-0.2, -0.15) is 0 Å². The van der Waals surface area contributed by atoms with E-state index in [4.69, 9.17) is 25.8 Å². The van der Waals surface area contributed by atoms with E-state index in [1.54, 1.807) is 14.2 Å². The lowest BCUT2D eigenvalue weighted by molar-refractivity contribution is 0.0438. The molecule has 22 heavy (non-hydrogen) atoms. The van der Waals surface area contributed by atoms with Crippen molar-refractivity contribution in [2.24, 2.45) is 0 Å². The molecule has 4 heterocycles. The van der Waals surface area contributed by atoms with E-state index >= 15 is 0 Å². The standard InChI is InChI=1S/C16H19ClN2O3/c1-19-6-4-5-9(19)8-7-18-16(17)11-10(8)12-14(20-2)15(21-3)13(11)22-12/h7,9,12-13H,4-6H2,1-3H3. The molecule has 0 saturated carbocycles. The molecule has 3 atom stereocenters. The van der Waals surface area contributed by atoms with Crippen LogP contribution >= 0.6 is 11.6 Å². The molecule has 5 nitrogen and oxygen atoms in total. The van der Waals surface area contributed by atoms with Crippen molar-refractivity contribution in [3.63, 3.8) is 0 Å². The van der Waals surface area contributed by atoms with Gasteiger partial charge in [0.2, 0.25) is 0 Å². The Morgan fingerprint density at radius 2 is 1.91 bits per heavy atom. The van der Waals surface area contributed by atoms with Crippen LogP contribution in [0.25, 0.3) is 0 Å². The molecule has 1 aromatic rings. The molecule has 0 aromatic carbocycles. The lowest BCUT2D eigenvalue weighted by Crippen LogP contribution is -2.21. The summed E-state index contributed by atoms with van der Waals surface area (Å²) in [6.45, 7) is 1.10. The fourth-order valence-corrected chi connectivity index (χ4v) is 4.22. The third kappa shape index (κ3) is 1.76. The molecule has 1 fully saturated rings. The molecular formula is C16H19ClN2O3. The molecule has 0 spiro atoms. The molecule has 1 aromatic heterocycles. The minimum Gasteiger partial charge on any atom is -0.494 e. The van der Waals surface area contributed by atoms with Gasteiger partial charge in [-0.15, -0.1) is 0 Å². The molecule has 3 unspecified atom stereocenters. The van der Waals surface area contributed by atoms with Gasteiger partial charge in [0, 0.05) is 23.4 Å². The second kappa shape index (κ2) is 5.11. The van der Waals surface area contributed by atoms with Gasteiger partial charge in [-0.05, 0) is 32.0 Å². The smallest absolute Gasteiger partial charge is 0.170 e. The van der Waals surface area contributed by atoms with E-state index in [2.05, 4.69) is 16.9 Å². The number of likely N-dealkylation sites (tertiary alicyclic amines) is 1. The van der Waals surface area contributed by atoms with Gasteiger partial charge in [-0.1, -0.05) is 11.6 Å². The summed E-state index contributed by atoms with van der Waals surface area (Å²) in [5.41, 5.74) is 3.28. The Bertz CT molecular complexity index is 661. The molecule has 2 bridgehead atoms. The highest BCUT2D eigenvalue weighted by Crippen LogP contribution is 2.58. The minimum absolute atomic E-state index is 0.232. The fraction of sp³-hybridized carbons (Fsp3) is 0.562. The SMILES string of the molecule is COC1=C(OC)C2OC1c1c(C3CCCN3C)cnc(Cl)c12. The van der Waals surface area contributed by atoms with Crippen LogP contribution in [0.4, 0.5) is 0 Å². The van der Waals surface area contributed by atoms with Gasteiger partial charge in [-0.25, -0.2) is 4.98 Å². The van der Waals surface area contributed by atoms with Crippen LogP contribution in [0.1, 0.15) is 47.8 Å². The second-order valence-electron chi connectivity index (χ2n) is 6.00. The lowest BCUT2D eigenvalue weighted by atomic mass is 9.89. The summed E-state index contributed by atoms with van der Waals surface area (Å²) < 4.78 is 17.1. The third-order valence-corrected chi connectivity index (χ3v) is 5.28. The number of hydrogen-bond donors (Lipinski definition) is 0. The molecule has 3 aliphatic rings. The average molecular weight is 323 g/mol. The van der Waals surface area contributed by atoms with Crippen molar-refractivity contribution < 1.29 is 14.2 Å². The van der Waals surface area contributed by atoms with Crippen LogP contribution in [0.5, 0.6) is 0 Å². The zero-order valence-electron chi connectivity index (χ0n) is 12.9. The van der Waals surface area contributed by atoms with Gasteiger partial charge < -0.3 is 14.2 Å². The quantitative estimate of drug-likeness (QED) is 0.800. The first-order valence-corrected chi connectivity index (χ1v) is 7.91. The Morgan fingerprint density at radius 3 is 2.50 bits per heavy atom. The molecule has 6 heteroatoms. The summed E-state index contributed by atoms with van der Waals surface area (Å²) in [4.78, 5) is 6.77. The molecule has 0 aliphatic carbocycles. The Labute approximate surface area is 134 Å². The molecular weight excluding hydrogens is 304 g/mol. The first kappa shape index (κ1) is 14.3. The predicted molar refractivity (Wildman–Crippen MR) is 81.5 cm³/mol. The Kier molecular flexibility index (Phi) is 3.33. The van der Waals surface area contributed by atoms with Crippen molar-refractivity contribution in [2.75, 3.05) is 27.8 Å². The van der Waals surface area contributed by atoms with Gasteiger partial charge in [0.05, 0.1) is 14.2 Å². The summed E-state index contributed by atoms with van der Waals surface area (Å²) in [6.07, 6.45) is 3.70. The zero-order chi connectivity index (χ0) is 15.4. The number of nitrogens with zero attached hydrogens (tertiary/aromatic N) is 2. The topological polar surface area (TPSA) is 43.8 Å². The van der Waals surface area contributed by atoms with Crippen LogP contribution in [0.15, 0.2) is 17.7 Å². The van der Waals surface area contributed by atoms with Crippen molar-refractivity contribution in [1.82, 2.24) is 9.88 Å². The van der Waals surface area contributed by atoms with E-state index in [0.717, 1.165) is 29.9 Å². The number of methoxy groups -OCH3 is 2. The van der Waals surface area contributed by atoms with E-state index in [1.807, 2.05) is 6.20 Å². The van der Waals surface area contributed by atoms with Crippen LogP contribution in [0, 0.1) is 0 Å². The highest BCUT2D eigenvalue weighted by atomic mass is 35.5. The molecule has 4 rings (SSSR count). The van der Waals surface area contributed by atoms with Crippen LogP contribution in [0.3, 0.4) is 0 Å². The summed E-state index contributed by atoms with van der Waals surface area (Å²) in [7, 11) is 5.44. The van der Waals surface area contributed by atoms with Gasteiger partial charge in [0.1, 0.15) is 17.4 Å². The van der Waals surface area contributed by atoms with Crippen LogP contribution in [-0.2, 0) is 14.2 Å². The van der Waals surface area contributed by atoms with E-state index in [1.165, 1.54) is 12.0 Å². The second-order valence-corrected chi connectivity index (χ2v) is 6.36. The summed E-state index contributed by atoms with van der Waals surface area (Å²) in [5, 5.41) is 0.497. The monoisotopic (exact) mass is 322 g/mol. The number of pyridine rings is 1. The maximum atomic E-state index is 6.37. The van der Waals surface area contributed by atoms with E-state index in [0.29, 0.717) is 17.0 Å². The van der Waals surface area contributed by atoms with E-state index in [-0.39, 0.29) is 12.2 Å². The number of rotatable bonds is 3. The minimum atomic E-state index is -0.299. The van der Waals surface area contributed by atoms with Gasteiger partial charge in [0.15, 0.2) is 11.5 Å². The molecule has 3 aliphatic heterocycles. The fourth-order valence-electron chi connectivity index (χ4n) is 3.97. The van der Waals surface area contributed by atoms with Crippen molar-refractivity contribution in [2.45, 2.75) is 31.1 Å². The Hall–Kier alpha value is -1.30. The van der Waals surface area contributed by atoms with Crippen molar-refractivity contribution in [3.05, 3.63) is 39.6 Å². The molecule has 0 radical (unpaired) electrons. The number of hydrogen-bond acceptors (Lipinski definition) is 5. The van der Waals surface area contributed by atoms with Gasteiger partial charge >= 0.3 is 0 Å². The van der Waals surface area contributed by atoms with Crippen molar-refractivity contribution in [3.8, 4) is 0 Å². The average Bonchev–Trinajstić information content (AvgIpc) is 3.20. The predicted octanol–water partition coefficient (Wildman–Crippen LogP) is 3.13. The van der Waals surface area contributed by atoms with Gasteiger partial charge in [0.25, 0.3) is 0 Å². The maximum Gasteiger partial charge on any atom is 0.170 e. The van der Waals surface area contributed by atoms with Gasteiger partial charge in [-0.3, -0.25) is 4.90 Å². The van der Waals surface area contributed by atoms with E-state index in [9.17, 15) is 0 Å². The highest BCUT2D eigenvalue weighted by molar-refractivity contribution is 6.30. The Morgan fingerprint density at radius 1 is 1.23 bits per heavy atom. The summed E-state index contributed by atoms with van der Waals surface area (Å²) >= 11 is 6.37. The summed E-state index contributed by atoms with van der Waals surface area (Å²) in [5.74, 6) is 1.46. The maximum absolute atomic E-state index is 6.37. The van der Waals surface area contributed by atoms with Crippen LogP contribution < -0.4 is 0 Å². The van der Waals surface area contributed by atoms with Crippen LogP contribution in [0.2, 0.25) is 5.15 Å². The Balaban J connectivity index is 1.87. The molecule has 0 N–H and O–H groups in total. The number of fused-ring (bicyclic) bond motifs is 5. The third-order valence-electron chi connectivity index (χ3n) is 4.98. The van der Waals surface area contributed by atoms with Crippen molar-refractivity contribution >= 4 is 11.6 Å². The first-order chi connectivity index (χ1) is 10.7. The highest BCUT2D eigenvalue weighted by Gasteiger charge is 2.50. The molecule has 0 amide bonds.